The molecule has 0 saturated carbocycles. The molecule has 1 N–H and O–H groups in total. The van der Waals surface area contributed by atoms with E-state index in [9.17, 15) is 10.1 Å². The van der Waals surface area contributed by atoms with Crippen LogP contribution >= 0.6 is 0 Å². The number of aromatic nitrogens is 1. The third-order valence-electron chi connectivity index (χ3n) is 2.67. The highest BCUT2D eigenvalue weighted by Crippen LogP contribution is 2.34. The maximum absolute atomic E-state index is 11.2. The Morgan fingerprint density at radius 2 is 2.15 bits per heavy atom. The molecule has 2 rings (SSSR count). The van der Waals surface area contributed by atoms with E-state index in [1.807, 2.05) is 18.2 Å². The predicted octanol–water partition coefficient (Wildman–Crippen LogP) is 3.00. The van der Waals surface area contributed by atoms with Gasteiger partial charge in [0.1, 0.15) is 5.69 Å². The van der Waals surface area contributed by atoms with Gasteiger partial charge in [-0.15, -0.1) is 0 Å². The normalized spacial score (nSPS) is 10.1. The van der Waals surface area contributed by atoms with Gasteiger partial charge >= 0.3 is 5.69 Å². The number of hydrogen-bond acceptors (Lipinski definition) is 5. The zero-order valence-electron chi connectivity index (χ0n) is 11.1. The van der Waals surface area contributed by atoms with Gasteiger partial charge in [-0.2, -0.15) is 0 Å². The molecule has 6 heteroatoms. The lowest BCUT2D eigenvalue weighted by molar-refractivity contribution is -0.384. The lowest BCUT2D eigenvalue weighted by atomic mass is 10.2. The third kappa shape index (κ3) is 3.23. The topological polar surface area (TPSA) is 77.3 Å². The first-order valence-electron chi connectivity index (χ1n) is 6.26. The van der Waals surface area contributed by atoms with Gasteiger partial charge in [0, 0.05) is 6.20 Å². The number of anilines is 1. The Morgan fingerprint density at radius 1 is 1.30 bits per heavy atom. The second-order valence-electron chi connectivity index (χ2n) is 4.02. The fourth-order valence-electron chi connectivity index (χ4n) is 1.81. The van der Waals surface area contributed by atoms with E-state index in [4.69, 9.17) is 4.74 Å². The summed E-state index contributed by atoms with van der Waals surface area (Å²) in [6.07, 6.45) is 1.68. The fraction of sp³-hybridized carbons (Fsp3) is 0.214. The van der Waals surface area contributed by atoms with Gasteiger partial charge in [-0.3, -0.25) is 15.1 Å². The minimum atomic E-state index is -0.439. The Bertz CT molecular complexity index is 587. The first-order valence-corrected chi connectivity index (χ1v) is 6.26. The van der Waals surface area contributed by atoms with E-state index in [1.165, 1.54) is 0 Å². The van der Waals surface area contributed by atoms with E-state index < -0.39 is 4.92 Å². The first kappa shape index (κ1) is 13.8. The molecule has 0 aliphatic heterocycles. The van der Waals surface area contributed by atoms with E-state index in [0.29, 0.717) is 18.8 Å². The van der Waals surface area contributed by atoms with Crippen molar-refractivity contribution >= 4 is 11.4 Å². The number of pyridine rings is 1. The summed E-state index contributed by atoms with van der Waals surface area (Å²) in [6.45, 7) is 2.58. The molecule has 0 fully saturated rings. The summed E-state index contributed by atoms with van der Waals surface area (Å²) in [5.41, 5.74) is 1.18. The molecule has 0 amide bonds. The molecule has 0 radical (unpaired) electrons. The second kappa shape index (κ2) is 6.51. The van der Waals surface area contributed by atoms with Crippen LogP contribution in [-0.2, 0) is 6.54 Å². The van der Waals surface area contributed by atoms with Crippen molar-refractivity contribution in [1.82, 2.24) is 4.98 Å². The van der Waals surface area contributed by atoms with Crippen LogP contribution < -0.4 is 10.1 Å². The van der Waals surface area contributed by atoms with Crippen LogP contribution in [0.2, 0.25) is 0 Å². The monoisotopic (exact) mass is 273 g/mol. The molecular formula is C14H15N3O3. The van der Waals surface area contributed by atoms with Crippen LogP contribution in [0.4, 0.5) is 11.4 Å². The van der Waals surface area contributed by atoms with Crippen LogP contribution in [0.3, 0.4) is 0 Å². The zero-order valence-corrected chi connectivity index (χ0v) is 11.1. The molecule has 0 bridgehead atoms. The largest absolute Gasteiger partial charge is 0.487 e. The van der Waals surface area contributed by atoms with E-state index in [-0.39, 0.29) is 11.4 Å². The summed E-state index contributed by atoms with van der Waals surface area (Å²) in [6, 6.07) is 10.5. The molecule has 20 heavy (non-hydrogen) atoms. The number of para-hydroxylation sites is 1. The highest BCUT2D eigenvalue weighted by molar-refractivity contribution is 5.68. The maximum atomic E-state index is 11.2. The maximum Gasteiger partial charge on any atom is 0.333 e. The van der Waals surface area contributed by atoms with E-state index >= 15 is 0 Å². The molecule has 0 spiro atoms. The van der Waals surface area contributed by atoms with Crippen LogP contribution in [0.25, 0.3) is 0 Å². The molecule has 0 unspecified atom stereocenters. The first-order chi connectivity index (χ1) is 9.72. The molecular weight excluding hydrogens is 258 g/mol. The number of nitrogens with zero attached hydrogens (tertiary/aromatic N) is 2. The van der Waals surface area contributed by atoms with Gasteiger partial charge in [0.25, 0.3) is 0 Å². The van der Waals surface area contributed by atoms with Crippen LogP contribution in [0, 0.1) is 10.1 Å². The van der Waals surface area contributed by atoms with E-state index in [0.717, 1.165) is 5.69 Å². The number of nitro benzene ring substituents is 1. The minimum Gasteiger partial charge on any atom is -0.487 e. The summed E-state index contributed by atoms with van der Waals surface area (Å²) in [7, 11) is 0. The van der Waals surface area contributed by atoms with Crippen LogP contribution in [0.15, 0.2) is 42.6 Å². The third-order valence-corrected chi connectivity index (χ3v) is 2.67. The molecule has 6 nitrogen and oxygen atoms in total. The lowest BCUT2D eigenvalue weighted by Gasteiger charge is -2.10. The van der Waals surface area contributed by atoms with Gasteiger partial charge in [0.15, 0.2) is 5.75 Å². The van der Waals surface area contributed by atoms with E-state index in [1.54, 1.807) is 31.3 Å². The Hall–Kier alpha value is -2.63. The highest BCUT2D eigenvalue weighted by atomic mass is 16.6. The number of ether oxygens (including phenoxy) is 1. The van der Waals surface area contributed by atoms with Gasteiger partial charge < -0.3 is 10.1 Å². The summed E-state index contributed by atoms with van der Waals surface area (Å²) in [4.78, 5) is 14.9. The molecule has 1 heterocycles. The van der Waals surface area contributed by atoms with Crippen molar-refractivity contribution in [2.24, 2.45) is 0 Å². The summed E-state index contributed by atoms with van der Waals surface area (Å²) in [5, 5.41) is 14.2. The van der Waals surface area contributed by atoms with Crippen molar-refractivity contribution in [3.05, 3.63) is 58.4 Å². The molecule has 0 aliphatic carbocycles. The standard InChI is InChI=1S/C14H15N3O3/c1-2-20-13-8-5-7-12(14(13)17(18)19)16-10-11-6-3-4-9-15-11/h3-9,16H,2,10H2,1H3. The summed E-state index contributed by atoms with van der Waals surface area (Å²) >= 11 is 0. The molecule has 0 aliphatic rings. The summed E-state index contributed by atoms with van der Waals surface area (Å²) < 4.78 is 5.29. The molecule has 1 aromatic heterocycles. The number of nitrogens with one attached hydrogen (secondary N) is 1. The zero-order chi connectivity index (χ0) is 14.4. The average molecular weight is 273 g/mol. The van der Waals surface area contributed by atoms with Crippen molar-refractivity contribution in [3.63, 3.8) is 0 Å². The number of hydrogen-bond donors (Lipinski definition) is 1. The van der Waals surface area contributed by atoms with Gasteiger partial charge in [-0.1, -0.05) is 12.1 Å². The minimum absolute atomic E-state index is 0.0507. The second-order valence-corrected chi connectivity index (χ2v) is 4.02. The summed E-state index contributed by atoms with van der Waals surface area (Å²) in [5.74, 6) is 0.267. The molecule has 0 atom stereocenters. The van der Waals surface area contributed by atoms with Gasteiger partial charge in [-0.25, -0.2) is 0 Å². The smallest absolute Gasteiger partial charge is 0.333 e. The number of rotatable bonds is 6. The average Bonchev–Trinajstić information content (AvgIpc) is 2.46. The Balaban J connectivity index is 2.22. The van der Waals surface area contributed by atoms with Gasteiger partial charge in [-0.05, 0) is 31.2 Å². The Labute approximate surface area is 116 Å². The predicted molar refractivity (Wildman–Crippen MR) is 75.8 cm³/mol. The Kier molecular flexibility index (Phi) is 4.49. The molecule has 1 aromatic carbocycles. The number of benzene rings is 1. The number of nitro groups is 1. The SMILES string of the molecule is CCOc1cccc(NCc2ccccn2)c1[N+](=O)[O-]. The van der Waals surface area contributed by atoms with Crippen LogP contribution in [0.5, 0.6) is 5.75 Å². The highest BCUT2D eigenvalue weighted by Gasteiger charge is 2.20. The Morgan fingerprint density at radius 3 is 2.80 bits per heavy atom. The molecule has 0 saturated heterocycles. The van der Waals surface area contributed by atoms with Crippen molar-refractivity contribution in [2.75, 3.05) is 11.9 Å². The molecule has 2 aromatic rings. The van der Waals surface area contributed by atoms with Gasteiger partial charge in [0.05, 0.1) is 23.8 Å². The molecule has 104 valence electrons. The van der Waals surface area contributed by atoms with Gasteiger partial charge in [0.2, 0.25) is 0 Å². The van der Waals surface area contributed by atoms with Crippen molar-refractivity contribution in [2.45, 2.75) is 13.5 Å². The van der Waals surface area contributed by atoms with Crippen molar-refractivity contribution in [1.29, 1.82) is 0 Å². The fourth-order valence-corrected chi connectivity index (χ4v) is 1.81. The van der Waals surface area contributed by atoms with Crippen molar-refractivity contribution in [3.8, 4) is 5.75 Å². The van der Waals surface area contributed by atoms with Crippen LogP contribution in [0.1, 0.15) is 12.6 Å². The lowest BCUT2D eigenvalue weighted by Crippen LogP contribution is -2.05. The van der Waals surface area contributed by atoms with Crippen LogP contribution in [-0.4, -0.2) is 16.5 Å². The van der Waals surface area contributed by atoms with E-state index in [2.05, 4.69) is 10.3 Å². The quantitative estimate of drug-likeness (QED) is 0.646. The van der Waals surface area contributed by atoms with Crippen molar-refractivity contribution < 1.29 is 9.66 Å².